The Hall–Kier alpha value is -4.12. The highest BCUT2D eigenvalue weighted by atomic mass is 32.2. The molecule has 4 aromatic carbocycles. The van der Waals surface area contributed by atoms with Gasteiger partial charge in [0.05, 0.1) is 11.5 Å². The minimum absolute atomic E-state index is 0.0834. The number of carbonyl (C=O) groups is 2. The lowest BCUT2D eigenvalue weighted by atomic mass is 10.00. The lowest BCUT2D eigenvalue weighted by Crippen LogP contribution is -2.65. The van der Waals surface area contributed by atoms with Gasteiger partial charge in [-0.2, -0.15) is 0 Å². The fourth-order valence-electron chi connectivity index (χ4n) is 6.34. The summed E-state index contributed by atoms with van der Waals surface area (Å²) in [7, 11) is -6.47. The lowest BCUT2D eigenvalue weighted by molar-refractivity contribution is -0.133. The van der Waals surface area contributed by atoms with Crippen LogP contribution in [0, 0.1) is 5.82 Å². The molecule has 0 spiro atoms. The molecule has 1 heterocycles. The van der Waals surface area contributed by atoms with E-state index in [9.17, 15) is 27.2 Å². The molecule has 0 bridgehead atoms. The molecule has 0 saturated carbocycles. The van der Waals surface area contributed by atoms with Crippen molar-refractivity contribution in [3.05, 3.63) is 121 Å². The number of amides is 2. The zero-order chi connectivity index (χ0) is 33.7. The van der Waals surface area contributed by atoms with Crippen LogP contribution in [0.5, 0.6) is 0 Å². The second kappa shape index (κ2) is 14.3. The van der Waals surface area contributed by atoms with Gasteiger partial charge in [-0.1, -0.05) is 105 Å². The monoisotopic (exact) mass is 672 g/mol. The zero-order valence-electron chi connectivity index (χ0n) is 26.7. The van der Waals surface area contributed by atoms with Crippen molar-refractivity contribution < 1.29 is 27.2 Å². The molecule has 1 aliphatic heterocycles. The van der Waals surface area contributed by atoms with E-state index in [2.05, 4.69) is 19.2 Å². The van der Waals surface area contributed by atoms with Gasteiger partial charge in [-0.25, -0.2) is 12.8 Å². The van der Waals surface area contributed by atoms with Crippen molar-refractivity contribution in [1.82, 2.24) is 10.2 Å². The second-order valence-corrected chi connectivity index (χ2v) is 19.0. The van der Waals surface area contributed by atoms with Crippen LogP contribution in [0.15, 0.2) is 109 Å². The first kappa shape index (κ1) is 34.2. The third kappa shape index (κ3) is 7.89. The average Bonchev–Trinajstić information content (AvgIpc) is 3.08. The number of carbonyl (C=O) groups excluding carboxylic acids is 2. The number of nitrogens with zero attached hydrogens (tertiary/aromatic N) is 1. The highest BCUT2D eigenvalue weighted by Crippen LogP contribution is 2.40. The number of rotatable bonds is 11. The van der Waals surface area contributed by atoms with Crippen LogP contribution >= 0.6 is 0 Å². The van der Waals surface area contributed by atoms with Crippen molar-refractivity contribution in [1.29, 1.82) is 0 Å². The predicted octanol–water partition coefficient (Wildman–Crippen LogP) is 4.55. The van der Waals surface area contributed by atoms with Crippen molar-refractivity contribution in [2.24, 2.45) is 0 Å². The van der Waals surface area contributed by atoms with E-state index in [4.69, 9.17) is 0 Å². The Labute approximate surface area is 277 Å². The fourth-order valence-corrected chi connectivity index (χ4v) is 11.3. The Morgan fingerprint density at radius 2 is 1.32 bits per heavy atom. The van der Waals surface area contributed by atoms with Gasteiger partial charge >= 0.3 is 0 Å². The topological polar surface area (TPSA) is 104 Å². The summed E-state index contributed by atoms with van der Waals surface area (Å²) in [6, 6.07) is 31.6. The van der Waals surface area contributed by atoms with Gasteiger partial charge in [0, 0.05) is 18.7 Å². The average molecular weight is 673 g/mol. The number of hydrogen-bond donors (Lipinski definition) is 2. The maximum atomic E-state index is 13.8. The van der Waals surface area contributed by atoms with E-state index >= 15 is 0 Å². The van der Waals surface area contributed by atoms with E-state index in [1.54, 1.807) is 36.4 Å². The molecule has 246 valence electrons. The molecule has 0 unspecified atom stereocenters. The Balaban J connectivity index is 1.34. The number of sulfone groups is 1. The molecule has 7 nitrogen and oxygen atoms in total. The summed E-state index contributed by atoms with van der Waals surface area (Å²) in [6.45, 7) is 4.29. The zero-order valence-corrected chi connectivity index (χ0v) is 28.5. The van der Waals surface area contributed by atoms with Gasteiger partial charge in [0.25, 0.3) is 14.2 Å². The van der Waals surface area contributed by atoms with Crippen LogP contribution in [-0.4, -0.2) is 68.9 Å². The van der Waals surface area contributed by atoms with E-state index in [0.717, 1.165) is 21.5 Å². The van der Waals surface area contributed by atoms with Crippen LogP contribution in [0.1, 0.15) is 43.5 Å². The number of nitrogens with one attached hydrogen (secondary N) is 1. The molecular weight excluding hydrogens is 632 g/mol. The van der Waals surface area contributed by atoms with Crippen LogP contribution in [-0.2, 0) is 14.6 Å². The summed E-state index contributed by atoms with van der Waals surface area (Å²) in [4.78, 5) is 41.3. The minimum Gasteiger partial charge on any atom is -0.424 e. The maximum absolute atomic E-state index is 13.8. The van der Waals surface area contributed by atoms with E-state index < -0.39 is 35.1 Å². The van der Waals surface area contributed by atoms with E-state index in [1.165, 1.54) is 17.0 Å². The van der Waals surface area contributed by atoms with E-state index in [1.807, 2.05) is 60.7 Å². The SMILES string of the molecule is CC(C)(CCC[C@H](NC(=O)c1ccc(-c2ccc(F)cc2)cc1)C(=O)N1CCS(=O)(=O)CC1)[Si](O)(c1ccccc1)c1ccccc1. The van der Waals surface area contributed by atoms with E-state index in [0.29, 0.717) is 24.8 Å². The minimum atomic E-state index is -3.27. The quantitative estimate of drug-likeness (QED) is 0.228. The van der Waals surface area contributed by atoms with Gasteiger partial charge in [0.1, 0.15) is 11.9 Å². The number of benzene rings is 4. The molecule has 0 radical (unpaired) electrons. The summed E-state index contributed by atoms with van der Waals surface area (Å²) >= 11 is 0. The summed E-state index contributed by atoms with van der Waals surface area (Å²) < 4.78 is 37.5. The van der Waals surface area contributed by atoms with Gasteiger partial charge in [0.2, 0.25) is 5.91 Å². The molecule has 2 N–H and O–H groups in total. The maximum Gasteiger partial charge on any atom is 0.258 e. The Morgan fingerprint density at radius 3 is 1.83 bits per heavy atom. The van der Waals surface area contributed by atoms with Gasteiger partial charge < -0.3 is 15.0 Å². The van der Waals surface area contributed by atoms with Gasteiger partial charge in [-0.05, 0) is 63.6 Å². The molecule has 0 aliphatic carbocycles. The first-order chi connectivity index (χ1) is 22.4. The smallest absolute Gasteiger partial charge is 0.258 e. The number of hydrogen-bond acceptors (Lipinski definition) is 5. The predicted molar refractivity (Wildman–Crippen MR) is 186 cm³/mol. The highest BCUT2D eigenvalue weighted by molar-refractivity contribution is 7.91. The molecule has 10 heteroatoms. The van der Waals surface area contributed by atoms with Crippen LogP contribution < -0.4 is 15.7 Å². The second-order valence-electron chi connectivity index (χ2n) is 12.8. The molecule has 0 aromatic heterocycles. The molecule has 1 atom stereocenters. The summed E-state index contributed by atoms with van der Waals surface area (Å²) in [5.41, 5.74) is 1.99. The van der Waals surface area contributed by atoms with Gasteiger partial charge in [-0.3, -0.25) is 9.59 Å². The summed E-state index contributed by atoms with van der Waals surface area (Å²) in [6.07, 6.45) is 1.44. The molecule has 2 amide bonds. The molecule has 1 aliphatic rings. The summed E-state index contributed by atoms with van der Waals surface area (Å²) in [5, 5.41) is 4.18. The first-order valence-corrected chi connectivity index (χ1v) is 19.7. The van der Waals surface area contributed by atoms with Gasteiger partial charge in [-0.15, -0.1) is 0 Å². The Kier molecular flexibility index (Phi) is 10.4. The molecule has 4 aromatic rings. The van der Waals surface area contributed by atoms with Crippen LogP contribution in [0.3, 0.4) is 0 Å². The molecule has 5 rings (SSSR count). The third-order valence-corrected chi connectivity index (χ3v) is 15.4. The molecular formula is C37H41FN2O5SSi. The normalized spacial score (nSPS) is 15.5. The van der Waals surface area contributed by atoms with Crippen molar-refractivity contribution in [3.8, 4) is 11.1 Å². The van der Waals surface area contributed by atoms with Crippen LogP contribution in [0.25, 0.3) is 11.1 Å². The van der Waals surface area contributed by atoms with Crippen molar-refractivity contribution >= 4 is 40.3 Å². The van der Waals surface area contributed by atoms with Crippen molar-refractivity contribution in [3.63, 3.8) is 0 Å². The molecule has 1 saturated heterocycles. The van der Waals surface area contributed by atoms with Gasteiger partial charge in [0.15, 0.2) is 9.84 Å². The molecule has 1 fully saturated rings. The standard InChI is InChI=1S/C37H41FN2O5SSi/c1-37(2,47(45,32-10-5-3-6-11-32)33-12-7-4-8-13-33)23-9-14-34(36(42)40-24-26-46(43,44)27-25-40)39-35(41)30-17-15-28(16-18-30)29-19-21-31(38)22-20-29/h3-8,10-13,15-22,34,45H,9,14,23-27H2,1-2H3,(H,39,41)/t34-/m0/s1. The fraction of sp³-hybridized carbons (Fsp3) is 0.297. The third-order valence-electron chi connectivity index (χ3n) is 9.24. The Morgan fingerprint density at radius 1 is 0.830 bits per heavy atom. The number of halogens is 1. The van der Waals surface area contributed by atoms with Crippen LogP contribution in [0.2, 0.25) is 5.04 Å². The molecule has 47 heavy (non-hydrogen) atoms. The van der Waals surface area contributed by atoms with Crippen molar-refractivity contribution in [2.75, 3.05) is 24.6 Å². The van der Waals surface area contributed by atoms with E-state index in [-0.39, 0.29) is 36.3 Å². The Bertz CT molecular complexity index is 1730. The van der Waals surface area contributed by atoms with Crippen LogP contribution in [0.4, 0.5) is 4.39 Å². The van der Waals surface area contributed by atoms with Crippen molar-refractivity contribution in [2.45, 2.75) is 44.2 Å². The summed E-state index contributed by atoms with van der Waals surface area (Å²) in [5.74, 6) is -1.28. The first-order valence-electron chi connectivity index (χ1n) is 15.9. The largest absolute Gasteiger partial charge is 0.424 e. The lowest BCUT2D eigenvalue weighted by Gasteiger charge is -2.41. The highest BCUT2D eigenvalue weighted by Gasteiger charge is 2.49.